The first-order chi connectivity index (χ1) is 15.8. The van der Waals surface area contributed by atoms with Crippen molar-refractivity contribution in [1.29, 1.82) is 0 Å². The number of amides is 2. The molecule has 2 amide bonds. The van der Waals surface area contributed by atoms with Crippen LogP contribution >= 0.6 is 0 Å². The van der Waals surface area contributed by atoms with Crippen molar-refractivity contribution >= 4 is 21.8 Å². The number of nitrogens with one attached hydrogen (secondary N) is 2. The van der Waals surface area contributed by atoms with Crippen molar-refractivity contribution < 1.29 is 22.7 Å². The van der Waals surface area contributed by atoms with Gasteiger partial charge in [-0.2, -0.15) is 4.31 Å². The summed E-state index contributed by atoms with van der Waals surface area (Å²) in [6, 6.07) is 13.8. The van der Waals surface area contributed by atoms with Gasteiger partial charge in [0, 0.05) is 31.2 Å². The molecule has 1 aliphatic rings. The van der Waals surface area contributed by atoms with Gasteiger partial charge >= 0.3 is 11.8 Å². The van der Waals surface area contributed by atoms with E-state index in [4.69, 9.17) is 4.74 Å². The van der Waals surface area contributed by atoms with Gasteiger partial charge in [0.05, 0.1) is 12.0 Å². The third kappa shape index (κ3) is 6.33. The molecule has 3 rings (SSSR count). The maximum absolute atomic E-state index is 13.2. The minimum Gasteiger partial charge on any atom is -0.496 e. The highest BCUT2D eigenvalue weighted by Crippen LogP contribution is 2.27. The van der Waals surface area contributed by atoms with E-state index in [1.54, 1.807) is 37.4 Å². The average molecular weight is 474 g/mol. The maximum Gasteiger partial charge on any atom is 0.309 e. The van der Waals surface area contributed by atoms with Gasteiger partial charge in [0.15, 0.2) is 0 Å². The van der Waals surface area contributed by atoms with Crippen LogP contribution in [0.3, 0.4) is 0 Å². The SMILES string of the molecule is COc1ccccc1CNC(=O)C(=O)NCC[C@@H]1CCCCN1S(=O)(=O)c1ccc(C)cc1. The number of benzene rings is 2. The summed E-state index contributed by atoms with van der Waals surface area (Å²) in [6.07, 6.45) is 2.90. The standard InChI is InChI=1S/C24H31N3O5S/c1-18-10-12-21(13-11-18)33(30,31)27-16-6-5-8-20(27)14-15-25-23(28)24(29)26-17-19-7-3-4-9-22(19)32-2/h3-4,7,9-13,20H,5-6,8,14-17H2,1-2H3,(H,25,28)(H,26,29)/t20-/m0/s1. The second-order valence-corrected chi connectivity index (χ2v) is 10.0. The van der Waals surface area contributed by atoms with Gasteiger partial charge in [-0.05, 0) is 44.4 Å². The molecule has 0 radical (unpaired) electrons. The zero-order chi connectivity index (χ0) is 23.8. The van der Waals surface area contributed by atoms with Crippen molar-refractivity contribution in [2.75, 3.05) is 20.2 Å². The molecule has 2 N–H and O–H groups in total. The molecule has 2 aromatic rings. The molecule has 33 heavy (non-hydrogen) atoms. The lowest BCUT2D eigenvalue weighted by Gasteiger charge is -2.34. The van der Waals surface area contributed by atoms with Crippen molar-refractivity contribution in [3.8, 4) is 5.75 Å². The minimum atomic E-state index is -3.61. The van der Waals surface area contributed by atoms with Crippen LogP contribution in [0.5, 0.6) is 5.75 Å². The van der Waals surface area contributed by atoms with Gasteiger partial charge < -0.3 is 15.4 Å². The molecule has 1 atom stereocenters. The number of piperidine rings is 1. The number of nitrogens with zero attached hydrogens (tertiary/aromatic N) is 1. The zero-order valence-electron chi connectivity index (χ0n) is 19.0. The molecule has 0 saturated carbocycles. The third-order valence-corrected chi connectivity index (χ3v) is 7.77. The van der Waals surface area contributed by atoms with Gasteiger partial charge in [0.2, 0.25) is 10.0 Å². The predicted octanol–water partition coefficient (Wildman–Crippen LogP) is 2.37. The zero-order valence-corrected chi connectivity index (χ0v) is 19.9. The number of aryl methyl sites for hydroxylation is 1. The highest BCUT2D eigenvalue weighted by molar-refractivity contribution is 7.89. The monoisotopic (exact) mass is 473 g/mol. The normalized spacial score (nSPS) is 16.7. The molecule has 1 heterocycles. The summed E-state index contributed by atoms with van der Waals surface area (Å²) < 4.78 is 33.1. The van der Waals surface area contributed by atoms with Crippen molar-refractivity contribution in [2.45, 2.75) is 50.1 Å². The van der Waals surface area contributed by atoms with Crippen molar-refractivity contribution in [3.63, 3.8) is 0 Å². The molecular weight excluding hydrogens is 442 g/mol. The van der Waals surface area contributed by atoms with Crippen molar-refractivity contribution in [3.05, 3.63) is 59.7 Å². The molecular formula is C24H31N3O5S. The van der Waals surface area contributed by atoms with E-state index in [0.29, 0.717) is 18.7 Å². The number of sulfonamides is 1. The Kier molecular flexibility index (Phi) is 8.46. The largest absolute Gasteiger partial charge is 0.496 e. The van der Waals surface area contributed by atoms with Gasteiger partial charge in [-0.15, -0.1) is 0 Å². The Balaban J connectivity index is 1.53. The summed E-state index contributed by atoms with van der Waals surface area (Å²) in [6.45, 7) is 2.75. The summed E-state index contributed by atoms with van der Waals surface area (Å²) in [5, 5.41) is 5.19. The number of methoxy groups -OCH3 is 1. The molecule has 0 aromatic heterocycles. The van der Waals surface area contributed by atoms with Gasteiger partial charge in [-0.25, -0.2) is 8.42 Å². The number of carbonyl (C=O) groups excluding carboxylic acids is 2. The Bertz CT molecular complexity index is 1070. The highest BCUT2D eigenvalue weighted by atomic mass is 32.2. The van der Waals surface area contributed by atoms with Crippen LogP contribution < -0.4 is 15.4 Å². The topological polar surface area (TPSA) is 105 Å². The van der Waals surface area contributed by atoms with Crippen LogP contribution in [-0.2, 0) is 26.2 Å². The lowest BCUT2D eigenvalue weighted by atomic mass is 10.0. The minimum absolute atomic E-state index is 0.168. The first-order valence-electron chi connectivity index (χ1n) is 11.1. The Morgan fingerprint density at radius 1 is 1.03 bits per heavy atom. The number of hydrogen-bond donors (Lipinski definition) is 2. The average Bonchev–Trinajstić information content (AvgIpc) is 2.83. The van der Waals surface area contributed by atoms with E-state index in [1.165, 1.54) is 4.31 Å². The Labute approximate surface area is 195 Å². The number of rotatable bonds is 8. The second kappa shape index (κ2) is 11.3. The lowest BCUT2D eigenvalue weighted by Crippen LogP contribution is -2.46. The van der Waals surface area contributed by atoms with Gasteiger partial charge in [0.1, 0.15) is 5.75 Å². The first kappa shape index (κ1) is 24.7. The first-order valence-corrected chi connectivity index (χ1v) is 12.5. The summed E-state index contributed by atoms with van der Waals surface area (Å²) >= 11 is 0. The summed E-state index contributed by atoms with van der Waals surface area (Å²) in [7, 11) is -2.07. The van der Waals surface area contributed by atoms with Gasteiger partial charge in [0.25, 0.3) is 0 Å². The van der Waals surface area contributed by atoms with Crippen LogP contribution in [0.15, 0.2) is 53.4 Å². The molecule has 1 saturated heterocycles. The van der Waals surface area contributed by atoms with Crippen LogP contribution in [0.1, 0.15) is 36.8 Å². The smallest absolute Gasteiger partial charge is 0.309 e. The molecule has 0 bridgehead atoms. The van der Waals surface area contributed by atoms with E-state index >= 15 is 0 Å². The van der Waals surface area contributed by atoms with E-state index < -0.39 is 21.8 Å². The lowest BCUT2D eigenvalue weighted by molar-refractivity contribution is -0.139. The van der Waals surface area contributed by atoms with Crippen LogP contribution in [0.25, 0.3) is 0 Å². The molecule has 9 heteroatoms. The molecule has 2 aromatic carbocycles. The molecule has 8 nitrogen and oxygen atoms in total. The Morgan fingerprint density at radius 2 is 1.73 bits per heavy atom. The molecule has 0 unspecified atom stereocenters. The van der Waals surface area contributed by atoms with E-state index in [9.17, 15) is 18.0 Å². The van der Waals surface area contributed by atoms with Crippen molar-refractivity contribution in [2.24, 2.45) is 0 Å². The maximum atomic E-state index is 13.2. The van der Waals surface area contributed by atoms with E-state index in [-0.39, 0.29) is 24.0 Å². The molecule has 0 aliphatic carbocycles. The number of carbonyl (C=O) groups is 2. The number of ether oxygens (including phenoxy) is 1. The second-order valence-electron chi connectivity index (χ2n) is 8.12. The quantitative estimate of drug-likeness (QED) is 0.573. The fourth-order valence-electron chi connectivity index (χ4n) is 3.96. The number of para-hydroxylation sites is 1. The third-order valence-electron chi connectivity index (χ3n) is 5.80. The van der Waals surface area contributed by atoms with Crippen LogP contribution in [0.2, 0.25) is 0 Å². The van der Waals surface area contributed by atoms with Gasteiger partial charge in [-0.3, -0.25) is 9.59 Å². The fourth-order valence-corrected chi connectivity index (χ4v) is 5.69. The molecule has 0 spiro atoms. The van der Waals surface area contributed by atoms with Crippen molar-refractivity contribution in [1.82, 2.24) is 14.9 Å². The predicted molar refractivity (Wildman–Crippen MR) is 125 cm³/mol. The van der Waals surface area contributed by atoms with E-state index in [2.05, 4.69) is 10.6 Å². The molecule has 1 fully saturated rings. The van der Waals surface area contributed by atoms with Crippen LogP contribution in [-0.4, -0.2) is 50.8 Å². The van der Waals surface area contributed by atoms with Crippen LogP contribution in [0, 0.1) is 6.92 Å². The van der Waals surface area contributed by atoms with Gasteiger partial charge in [-0.1, -0.05) is 42.3 Å². The van der Waals surface area contributed by atoms with E-state index in [0.717, 1.165) is 30.4 Å². The summed E-state index contributed by atoms with van der Waals surface area (Å²) in [5.74, 6) is -0.854. The molecule has 178 valence electrons. The fraction of sp³-hybridized carbons (Fsp3) is 0.417. The molecule has 1 aliphatic heterocycles. The Morgan fingerprint density at radius 3 is 2.45 bits per heavy atom. The summed E-state index contributed by atoms with van der Waals surface area (Å²) in [4.78, 5) is 24.6. The highest BCUT2D eigenvalue weighted by Gasteiger charge is 2.33. The Hall–Kier alpha value is -2.91. The van der Waals surface area contributed by atoms with E-state index in [1.807, 2.05) is 25.1 Å². The summed E-state index contributed by atoms with van der Waals surface area (Å²) in [5.41, 5.74) is 1.76. The van der Waals surface area contributed by atoms with Crippen LogP contribution in [0.4, 0.5) is 0 Å². The number of hydrogen-bond acceptors (Lipinski definition) is 5.